The Morgan fingerprint density at radius 3 is 2.39 bits per heavy atom. The van der Waals surface area contributed by atoms with E-state index in [0.29, 0.717) is 0 Å². The third-order valence-electron chi connectivity index (χ3n) is 3.17. The second-order valence-electron chi connectivity index (χ2n) is 5.45. The predicted molar refractivity (Wildman–Crippen MR) is 73.6 cm³/mol. The molecule has 0 aliphatic carbocycles. The summed E-state index contributed by atoms with van der Waals surface area (Å²) in [5, 5.41) is 9.39. The van der Waals surface area contributed by atoms with Gasteiger partial charge in [-0.05, 0) is 40.9 Å². The lowest BCUT2D eigenvalue weighted by molar-refractivity contribution is 0.181. The maximum absolute atomic E-state index is 9.39. The summed E-state index contributed by atoms with van der Waals surface area (Å²) in [5.74, 6) is 0.836. The number of benzene rings is 1. The third kappa shape index (κ3) is 2.83. The van der Waals surface area contributed by atoms with Crippen molar-refractivity contribution in [3.05, 3.63) is 29.3 Å². The number of nitrogens with zero attached hydrogens (tertiary/aromatic N) is 2. The topological polar surface area (TPSA) is 36.3 Å². The normalized spacial score (nSPS) is 13.2. The second kappa shape index (κ2) is 5.41. The van der Waals surface area contributed by atoms with E-state index in [-0.39, 0.29) is 6.04 Å². The summed E-state index contributed by atoms with van der Waals surface area (Å²) in [6.45, 7) is 5.97. The van der Waals surface area contributed by atoms with Crippen LogP contribution in [0.15, 0.2) is 18.2 Å². The van der Waals surface area contributed by atoms with Gasteiger partial charge in [0.2, 0.25) is 0 Å². The lowest BCUT2D eigenvalue weighted by atomic mass is 9.80. The minimum Gasteiger partial charge on any atom is -0.496 e. The van der Waals surface area contributed by atoms with Gasteiger partial charge in [0.15, 0.2) is 0 Å². The number of nitriles is 1. The van der Waals surface area contributed by atoms with E-state index in [0.717, 1.165) is 11.3 Å². The van der Waals surface area contributed by atoms with Crippen molar-refractivity contribution in [3.8, 4) is 11.8 Å². The van der Waals surface area contributed by atoms with Gasteiger partial charge in [-0.3, -0.25) is 0 Å². The molecule has 1 atom stereocenters. The van der Waals surface area contributed by atoms with E-state index >= 15 is 0 Å². The molecule has 1 rings (SSSR count). The fourth-order valence-corrected chi connectivity index (χ4v) is 2.44. The summed E-state index contributed by atoms with van der Waals surface area (Å²) in [4.78, 5) is 2.07. The van der Waals surface area contributed by atoms with E-state index < -0.39 is 5.41 Å². The Morgan fingerprint density at radius 2 is 1.94 bits per heavy atom. The first kappa shape index (κ1) is 14.5. The van der Waals surface area contributed by atoms with Crippen LogP contribution >= 0.6 is 0 Å². The minimum atomic E-state index is -0.482. The van der Waals surface area contributed by atoms with Crippen LogP contribution in [0.1, 0.15) is 31.0 Å². The Morgan fingerprint density at radius 1 is 1.33 bits per heavy atom. The van der Waals surface area contributed by atoms with Gasteiger partial charge in [0.25, 0.3) is 0 Å². The molecule has 0 aliphatic heterocycles. The van der Waals surface area contributed by atoms with Gasteiger partial charge in [0.1, 0.15) is 5.75 Å². The van der Waals surface area contributed by atoms with Crippen LogP contribution in [0.2, 0.25) is 0 Å². The van der Waals surface area contributed by atoms with Crippen LogP contribution in [0.5, 0.6) is 5.75 Å². The van der Waals surface area contributed by atoms with Crippen molar-refractivity contribution in [2.24, 2.45) is 5.41 Å². The molecule has 1 aromatic rings. The summed E-state index contributed by atoms with van der Waals surface area (Å²) in [6.07, 6.45) is 0. The minimum absolute atomic E-state index is 0.00245. The highest BCUT2D eigenvalue weighted by molar-refractivity contribution is 5.40. The Bertz CT molecular complexity index is 458. The van der Waals surface area contributed by atoms with Gasteiger partial charge < -0.3 is 9.64 Å². The third-order valence-corrected chi connectivity index (χ3v) is 3.17. The maximum Gasteiger partial charge on any atom is 0.123 e. The van der Waals surface area contributed by atoms with Gasteiger partial charge in [-0.1, -0.05) is 17.7 Å². The summed E-state index contributed by atoms with van der Waals surface area (Å²) in [7, 11) is 5.65. The largest absolute Gasteiger partial charge is 0.496 e. The number of ether oxygens (including phenoxy) is 1. The van der Waals surface area contributed by atoms with Crippen molar-refractivity contribution in [3.63, 3.8) is 0 Å². The molecule has 0 aliphatic rings. The van der Waals surface area contributed by atoms with E-state index in [2.05, 4.69) is 24.0 Å². The van der Waals surface area contributed by atoms with Gasteiger partial charge in [0, 0.05) is 5.56 Å². The van der Waals surface area contributed by atoms with Crippen LogP contribution in [0.4, 0.5) is 0 Å². The molecule has 0 saturated carbocycles. The van der Waals surface area contributed by atoms with Gasteiger partial charge in [0.05, 0.1) is 24.6 Å². The maximum atomic E-state index is 9.39. The molecule has 0 radical (unpaired) electrons. The summed E-state index contributed by atoms with van der Waals surface area (Å²) < 4.78 is 5.44. The van der Waals surface area contributed by atoms with Crippen molar-refractivity contribution in [1.82, 2.24) is 4.90 Å². The summed E-state index contributed by atoms with van der Waals surface area (Å²) >= 11 is 0. The van der Waals surface area contributed by atoms with Crippen LogP contribution < -0.4 is 4.74 Å². The molecule has 3 nitrogen and oxygen atoms in total. The Labute approximate surface area is 110 Å². The van der Waals surface area contributed by atoms with E-state index in [1.807, 2.05) is 40.1 Å². The molecule has 0 amide bonds. The fourth-order valence-electron chi connectivity index (χ4n) is 2.44. The first-order valence-corrected chi connectivity index (χ1v) is 6.05. The monoisotopic (exact) mass is 246 g/mol. The fraction of sp³-hybridized carbons (Fsp3) is 0.533. The zero-order chi connectivity index (χ0) is 13.9. The quantitative estimate of drug-likeness (QED) is 0.818. The number of rotatable bonds is 4. The van der Waals surface area contributed by atoms with E-state index in [1.165, 1.54) is 5.56 Å². The molecular formula is C15H22N2O. The molecule has 18 heavy (non-hydrogen) atoms. The zero-order valence-electron chi connectivity index (χ0n) is 12.1. The first-order chi connectivity index (χ1) is 8.33. The SMILES string of the molecule is COc1ccc(C)cc1C(N(C)C)C(C)(C)C#N. The molecule has 0 fully saturated rings. The summed E-state index contributed by atoms with van der Waals surface area (Å²) in [6, 6.07) is 8.48. The van der Waals surface area contributed by atoms with Crippen LogP contribution in [-0.2, 0) is 0 Å². The molecule has 0 bridgehead atoms. The van der Waals surface area contributed by atoms with Crippen molar-refractivity contribution >= 4 is 0 Å². The molecule has 98 valence electrons. The summed E-state index contributed by atoms with van der Waals surface area (Å²) in [5.41, 5.74) is 1.75. The van der Waals surface area contributed by atoms with E-state index in [1.54, 1.807) is 7.11 Å². The second-order valence-corrected chi connectivity index (χ2v) is 5.45. The van der Waals surface area contributed by atoms with Crippen molar-refractivity contribution < 1.29 is 4.74 Å². The van der Waals surface area contributed by atoms with Gasteiger partial charge >= 0.3 is 0 Å². The van der Waals surface area contributed by atoms with Crippen LogP contribution in [0.25, 0.3) is 0 Å². The molecule has 0 N–H and O–H groups in total. The zero-order valence-corrected chi connectivity index (χ0v) is 12.1. The average molecular weight is 246 g/mol. The molecule has 0 spiro atoms. The smallest absolute Gasteiger partial charge is 0.123 e. The number of hydrogen-bond acceptors (Lipinski definition) is 3. The highest BCUT2D eigenvalue weighted by Crippen LogP contribution is 2.40. The highest BCUT2D eigenvalue weighted by Gasteiger charge is 2.34. The molecule has 0 saturated heterocycles. The van der Waals surface area contributed by atoms with Crippen LogP contribution in [0, 0.1) is 23.7 Å². The lowest BCUT2D eigenvalue weighted by Crippen LogP contribution is -2.33. The molecule has 0 aromatic heterocycles. The lowest BCUT2D eigenvalue weighted by Gasteiger charge is -2.35. The molecule has 1 aromatic carbocycles. The standard InChI is InChI=1S/C15H22N2O/c1-11-7-8-13(18-6)12(9-11)14(17(4)5)15(2,3)10-16/h7-9,14H,1-6H3. The first-order valence-electron chi connectivity index (χ1n) is 6.05. The number of methoxy groups -OCH3 is 1. The van der Waals surface area contributed by atoms with E-state index in [4.69, 9.17) is 4.74 Å². The van der Waals surface area contributed by atoms with Crippen molar-refractivity contribution in [1.29, 1.82) is 5.26 Å². The Hall–Kier alpha value is -1.53. The number of aryl methyl sites for hydroxylation is 1. The molecule has 3 heteroatoms. The molecular weight excluding hydrogens is 224 g/mol. The highest BCUT2D eigenvalue weighted by atomic mass is 16.5. The Balaban J connectivity index is 3.39. The van der Waals surface area contributed by atoms with Crippen molar-refractivity contribution in [2.45, 2.75) is 26.8 Å². The molecule has 0 heterocycles. The van der Waals surface area contributed by atoms with Gasteiger partial charge in [-0.15, -0.1) is 0 Å². The molecule has 1 unspecified atom stereocenters. The van der Waals surface area contributed by atoms with Crippen LogP contribution in [-0.4, -0.2) is 26.1 Å². The average Bonchev–Trinajstić information content (AvgIpc) is 2.28. The van der Waals surface area contributed by atoms with Crippen LogP contribution in [0.3, 0.4) is 0 Å². The van der Waals surface area contributed by atoms with Gasteiger partial charge in [-0.2, -0.15) is 5.26 Å². The predicted octanol–water partition coefficient (Wildman–Crippen LogP) is 3.16. The van der Waals surface area contributed by atoms with E-state index in [9.17, 15) is 5.26 Å². The van der Waals surface area contributed by atoms with Crippen molar-refractivity contribution in [2.75, 3.05) is 21.2 Å². The Kier molecular flexibility index (Phi) is 4.37. The number of hydrogen-bond donors (Lipinski definition) is 0. The van der Waals surface area contributed by atoms with Gasteiger partial charge in [-0.25, -0.2) is 0 Å².